The third kappa shape index (κ3) is 4.93. The van der Waals surface area contributed by atoms with Gasteiger partial charge in [0.25, 0.3) is 15.9 Å². The fourth-order valence-corrected chi connectivity index (χ4v) is 3.52. The zero-order chi connectivity index (χ0) is 19.2. The SMILES string of the molecule is COC[C@H](C)NC(=O)c1ccccc1S(=O)(=O)Nc1cncc(OC)c1. The Morgan fingerprint density at radius 2 is 1.96 bits per heavy atom. The second kappa shape index (κ2) is 8.63. The summed E-state index contributed by atoms with van der Waals surface area (Å²) in [6, 6.07) is 7.20. The van der Waals surface area contributed by atoms with Gasteiger partial charge in [-0.25, -0.2) is 8.42 Å². The van der Waals surface area contributed by atoms with Gasteiger partial charge in [-0.2, -0.15) is 0 Å². The number of carbonyl (C=O) groups excluding carboxylic acids is 1. The van der Waals surface area contributed by atoms with E-state index in [0.29, 0.717) is 12.4 Å². The van der Waals surface area contributed by atoms with E-state index in [2.05, 4.69) is 15.0 Å². The summed E-state index contributed by atoms with van der Waals surface area (Å²) in [7, 11) is -1.02. The minimum atomic E-state index is -4.00. The smallest absolute Gasteiger partial charge is 0.262 e. The lowest BCUT2D eigenvalue weighted by Crippen LogP contribution is -2.36. The van der Waals surface area contributed by atoms with Gasteiger partial charge in [-0.05, 0) is 19.1 Å². The van der Waals surface area contributed by atoms with Crippen LogP contribution in [0.5, 0.6) is 5.75 Å². The minimum absolute atomic E-state index is 0.0406. The number of methoxy groups -OCH3 is 2. The van der Waals surface area contributed by atoms with E-state index in [1.165, 1.54) is 44.8 Å². The summed E-state index contributed by atoms with van der Waals surface area (Å²) in [5.74, 6) is -0.0936. The topological polar surface area (TPSA) is 107 Å². The Balaban J connectivity index is 2.30. The van der Waals surface area contributed by atoms with E-state index in [1.807, 2.05) is 0 Å². The number of nitrogens with one attached hydrogen (secondary N) is 2. The molecule has 0 saturated heterocycles. The molecule has 2 aromatic rings. The number of carbonyl (C=O) groups is 1. The van der Waals surface area contributed by atoms with Crippen molar-refractivity contribution in [3.8, 4) is 5.75 Å². The van der Waals surface area contributed by atoms with Crippen molar-refractivity contribution in [2.45, 2.75) is 17.9 Å². The lowest BCUT2D eigenvalue weighted by atomic mass is 10.2. The molecule has 0 saturated carbocycles. The fraction of sp³-hybridized carbons (Fsp3) is 0.294. The number of benzene rings is 1. The molecular weight excluding hydrogens is 358 g/mol. The highest BCUT2D eigenvalue weighted by molar-refractivity contribution is 7.92. The second-order valence-corrected chi connectivity index (χ2v) is 7.20. The van der Waals surface area contributed by atoms with Gasteiger partial charge in [0.1, 0.15) is 10.6 Å². The van der Waals surface area contributed by atoms with Gasteiger partial charge in [-0.3, -0.25) is 14.5 Å². The molecule has 1 aromatic heterocycles. The van der Waals surface area contributed by atoms with Gasteiger partial charge in [-0.15, -0.1) is 0 Å². The molecule has 1 atom stereocenters. The number of nitrogens with zero attached hydrogens (tertiary/aromatic N) is 1. The average Bonchev–Trinajstić information content (AvgIpc) is 2.61. The number of ether oxygens (including phenoxy) is 2. The first kappa shape index (κ1) is 19.7. The molecule has 0 radical (unpaired) electrons. The van der Waals surface area contributed by atoms with Gasteiger partial charge in [0.05, 0.1) is 37.4 Å². The van der Waals surface area contributed by atoms with Crippen LogP contribution in [0.2, 0.25) is 0 Å². The molecule has 140 valence electrons. The molecular formula is C17H21N3O5S. The standard InChI is InChI=1S/C17H21N3O5S/c1-12(11-24-2)19-17(21)15-6-4-5-7-16(15)26(22,23)20-13-8-14(25-3)10-18-9-13/h4-10,12,20H,11H2,1-3H3,(H,19,21)/t12-/m0/s1. The van der Waals surface area contributed by atoms with Crippen LogP contribution < -0.4 is 14.8 Å². The summed E-state index contributed by atoms with van der Waals surface area (Å²) in [4.78, 5) is 16.2. The van der Waals surface area contributed by atoms with Crippen molar-refractivity contribution in [2.24, 2.45) is 0 Å². The molecule has 9 heteroatoms. The van der Waals surface area contributed by atoms with E-state index in [9.17, 15) is 13.2 Å². The summed E-state index contributed by atoms with van der Waals surface area (Å²) in [6.07, 6.45) is 2.81. The van der Waals surface area contributed by atoms with Crippen molar-refractivity contribution >= 4 is 21.6 Å². The molecule has 0 fully saturated rings. The second-order valence-electron chi connectivity index (χ2n) is 5.54. The molecule has 0 aliphatic rings. The van der Waals surface area contributed by atoms with Crippen molar-refractivity contribution < 1.29 is 22.7 Å². The van der Waals surface area contributed by atoms with Crippen LogP contribution in [0.1, 0.15) is 17.3 Å². The Morgan fingerprint density at radius 3 is 2.65 bits per heavy atom. The number of rotatable bonds is 8. The van der Waals surface area contributed by atoms with Gasteiger partial charge in [0.15, 0.2) is 0 Å². The van der Waals surface area contributed by atoms with E-state index in [4.69, 9.17) is 9.47 Å². The zero-order valence-electron chi connectivity index (χ0n) is 14.7. The molecule has 2 N–H and O–H groups in total. The fourth-order valence-electron chi connectivity index (χ4n) is 2.28. The van der Waals surface area contributed by atoms with E-state index >= 15 is 0 Å². The highest BCUT2D eigenvalue weighted by atomic mass is 32.2. The Hall–Kier alpha value is -2.65. The minimum Gasteiger partial charge on any atom is -0.495 e. The van der Waals surface area contributed by atoms with E-state index in [-0.39, 0.29) is 22.2 Å². The summed E-state index contributed by atoms with van der Waals surface area (Å²) >= 11 is 0. The Morgan fingerprint density at radius 1 is 1.23 bits per heavy atom. The van der Waals surface area contributed by atoms with Gasteiger partial charge in [0.2, 0.25) is 0 Å². The van der Waals surface area contributed by atoms with Crippen LogP contribution in [-0.2, 0) is 14.8 Å². The van der Waals surface area contributed by atoms with Crippen LogP contribution in [-0.4, -0.2) is 46.2 Å². The maximum absolute atomic E-state index is 12.8. The van der Waals surface area contributed by atoms with Crippen molar-refractivity contribution in [2.75, 3.05) is 25.5 Å². The summed E-state index contributed by atoms with van der Waals surface area (Å²) < 4.78 is 37.9. The van der Waals surface area contributed by atoms with Gasteiger partial charge in [-0.1, -0.05) is 12.1 Å². The normalized spacial score (nSPS) is 12.3. The number of amides is 1. The van der Waals surface area contributed by atoms with Crippen molar-refractivity contribution in [3.63, 3.8) is 0 Å². The lowest BCUT2D eigenvalue weighted by molar-refractivity contribution is 0.0902. The molecule has 1 heterocycles. The van der Waals surface area contributed by atoms with Crippen molar-refractivity contribution in [3.05, 3.63) is 48.3 Å². The number of hydrogen-bond acceptors (Lipinski definition) is 6. The Labute approximate surface area is 152 Å². The summed E-state index contributed by atoms with van der Waals surface area (Å²) in [6.45, 7) is 2.08. The number of anilines is 1. The third-order valence-electron chi connectivity index (χ3n) is 3.42. The van der Waals surface area contributed by atoms with E-state index in [0.717, 1.165) is 0 Å². The van der Waals surface area contributed by atoms with Crippen LogP contribution in [0.4, 0.5) is 5.69 Å². The number of aromatic nitrogens is 1. The third-order valence-corrected chi connectivity index (χ3v) is 4.86. The Bertz CT molecular complexity index is 870. The lowest BCUT2D eigenvalue weighted by Gasteiger charge is -2.15. The average molecular weight is 379 g/mol. The maximum atomic E-state index is 12.8. The first-order valence-electron chi connectivity index (χ1n) is 7.78. The summed E-state index contributed by atoms with van der Waals surface area (Å²) in [5.41, 5.74) is 0.270. The van der Waals surface area contributed by atoms with E-state index in [1.54, 1.807) is 19.1 Å². The zero-order valence-corrected chi connectivity index (χ0v) is 15.5. The van der Waals surface area contributed by atoms with Gasteiger partial charge < -0.3 is 14.8 Å². The number of hydrogen-bond donors (Lipinski definition) is 2. The molecule has 0 spiro atoms. The molecule has 0 unspecified atom stereocenters. The van der Waals surface area contributed by atoms with Crippen LogP contribution in [0, 0.1) is 0 Å². The predicted octanol–water partition coefficient (Wildman–Crippen LogP) is 1.66. The largest absolute Gasteiger partial charge is 0.495 e. The molecule has 8 nitrogen and oxygen atoms in total. The maximum Gasteiger partial charge on any atom is 0.262 e. The summed E-state index contributed by atoms with van der Waals surface area (Å²) in [5, 5.41) is 2.70. The first-order valence-corrected chi connectivity index (χ1v) is 9.26. The molecule has 0 aliphatic carbocycles. The van der Waals surface area contributed by atoms with Crippen LogP contribution in [0.25, 0.3) is 0 Å². The van der Waals surface area contributed by atoms with Crippen LogP contribution in [0.15, 0.2) is 47.6 Å². The molecule has 0 aliphatic heterocycles. The number of pyridine rings is 1. The first-order chi connectivity index (χ1) is 12.4. The molecule has 1 aromatic carbocycles. The highest BCUT2D eigenvalue weighted by Crippen LogP contribution is 2.21. The monoisotopic (exact) mass is 379 g/mol. The van der Waals surface area contributed by atoms with Gasteiger partial charge in [0, 0.05) is 19.2 Å². The van der Waals surface area contributed by atoms with Crippen molar-refractivity contribution in [1.29, 1.82) is 0 Å². The molecule has 1 amide bonds. The molecule has 2 rings (SSSR count). The van der Waals surface area contributed by atoms with Crippen molar-refractivity contribution in [1.82, 2.24) is 10.3 Å². The highest BCUT2D eigenvalue weighted by Gasteiger charge is 2.23. The van der Waals surface area contributed by atoms with E-state index < -0.39 is 15.9 Å². The predicted molar refractivity (Wildman–Crippen MR) is 96.8 cm³/mol. The Kier molecular flexibility index (Phi) is 6.53. The molecule has 0 bridgehead atoms. The molecule has 26 heavy (non-hydrogen) atoms. The van der Waals surface area contributed by atoms with Crippen LogP contribution >= 0.6 is 0 Å². The quantitative estimate of drug-likeness (QED) is 0.722. The van der Waals surface area contributed by atoms with Crippen LogP contribution in [0.3, 0.4) is 0 Å². The van der Waals surface area contributed by atoms with Gasteiger partial charge >= 0.3 is 0 Å². The number of sulfonamides is 1.